The van der Waals surface area contributed by atoms with Gasteiger partial charge in [-0.15, -0.1) is 0 Å². The van der Waals surface area contributed by atoms with Crippen molar-refractivity contribution in [3.05, 3.63) is 27.9 Å². The largest absolute Gasteiger partial charge is 0.383 e. The molecule has 0 aliphatic heterocycles. The zero-order valence-corrected chi connectivity index (χ0v) is 13.4. The Labute approximate surface area is 126 Å². The van der Waals surface area contributed by atoms with E-state index in [1.54, 1.807) is 13.2 Å². The highest BCUT2D eigenvalue weighted by molar-refractivity contribution is 5.07. The number of nitrogens with one attached hydrogen (secondary N) is 2. The van der Waals surface area contributed by atoms with E-state index in [0.29, 0.717) is 24.5 Å². The van der Waals surface area contributed by atoms with E-state index < -0.39 is 0 Å². The molecule has 5 nitrogen and oxygen atoms in total. The van der Waals surface area contributed by atoms with Gasteiger partial charge in [0, 0.05) is 32.2 Å². The number of ether oxygens (including phenoxy) is 1. The standard InChI is InChI=1S/C16H27N3O2/c1-16(2)6-4-12(5-7-16)15-18-13(10-14(20)19-15)11-17-8-9-21-3/h10,12,17H,4-9,11H2,1-3H3,(H,18,19,20). The Kier molecular flexibility index (Phi) is 5.53. The molecule has 0 spiro atoms. The van der Waals surface area contributed by atoms with Crippen molar-refractivity contribution in [2.45, 2.75) is 52.0 Å². The monoisotopic (exact) mass is 293 g/mol. The van der Waals surface area contributed by atoms with E-state index in [-0.39, 0.29) is 5.56 Å². The van der Waals surface area contributed by atoms with Crippen LogP contribution in [0.25, 0.3) is 0 Å². The lowest BCUT2D eigenvalue weighted by Gasteiger charge is -2.33. The fraction of sp³-hybridized carbons (Fsp3) is 0.750. The van der Waals surface area contributed by atoms with Crippen molar-refractivity contribution in [1.29, 1.82) is 0 Å². The van der Waals surface area contributed by atoms with E-state index >= 15 is 0 Å². The average molecular weight is 293 g/mol. The first-order valence-corrected chi connectivity index (χ1v) is 7.80. The number of methoxy groups -OCH3 is 1. The van der Waals surface area contributed by atoms with Gasteiger partial charge in [0.05, 0.1) is 12.3 Å². The summed E-state index contributed by atoms with van der Waals surface area (Å²) in [6.45, 7) is 6.66. The molecule has 1 aromatic heterocycles. The van der Waals surface area contributed by atoms with Crippen LogP contribution in [-0.4, -0.2) is 30.2 Å². The van der Waals surface area contributed by atoms with Crippen LogP contribution in [-0.2, 0) is 11.3 Å². The van der Waals surface area contributed by atoms with Crippen molar-refractivity contribution in [2.75, 3.05) is 20.3 Å². The molecule has 0 saturated heterocycles. The van der Waals surface area contributed by atoms with Gasteiger partial charge in [-0.25, -0.2) is 4.98 Å². The van der Waals surface area contributed by atoms with Crippen molar-refractivity contribution < 1.29 is 4.74 Å². The third kappa shape index (κ3) is 4.93. The molecule has 0 atom stereocenters. The number of hydrogen-bond donors (Lipinski definition) is 2. The zero-order chi connectivity index (χ0) is 15.3. The van der Waals surface area contributed by atoms with Crippen LogP contribution >= 0.6 is 0 Å². The Balaban J connectivity index is 2.00. The average Bonchev–Trinajstić information content (AvgIpc) is 2.43. The van der Waals surface area contributed by atoms with Gasteiger partial charge in [0.25, 0.3) is 5.56 Å². The van der Waals surface area contributed by atoms with Crippen LogP contribution < -0.4 is 10.9 Å². The summed E-state index contributed by atoms with van der Waals surface area (Å²) in [5, 5.41) is 3.23. The van der Waals surface area contributed by atoms with Crippen LogP contribution in [0.1, 0.15) is 57.0 Å². The summed E-state index contributed by atoms with van der Waals surface area (Å²) in [5.41, 5.74) is 1.19. The first-order valence-electron chi connectivity index (χ1n) is 7.80. The minimum Gasteiger partial charge on any atom is -0.383 e. The first kappa shape index (κ1) is 16.2. The maximum absolute atomic E-state index is 11.8. The number of aromatic amines is 1. The van der Waals surface area contributed by atoms with E-state index in [0.717, 1.165) is 30.9 Å². The Morgan fingerprint density at radius 3 is 2.81 bits per heavy atom. The van der Waals surface area contributed by atoms with E-state index in [1.807, 2.05) is 0 Å². The maximum Gasteiger partial charge on any atom is 0.251 e. The first-order chi connectivity index (χ1) is 10.00. The highest BCUT2D eigenvalue weighted by atomic mass is 16.5. The molecule has 118 valence electrons. The smallest absolute Gasteiger partial charge is 0.251 e. The molecule has 0 amide bonds. The molecule has 0 unspecified atom stereocenters. The van der Waals surface area contributed by atoms with Crippen LogP contribution in [0.3, 0.4) is 0 Å². The molecule has 0 bridgehead atoms. The summed E-state index contributed by atoms with van der Waals surface area (Å²) < 4.78 is 4.99. The highest BCUT2D eigenvalue weighted by Gasteiger charge is 2.28. The number of aromatic nitrogens is 2. The molecule has 1 aliphatic carbocycles. The van der Waals surface area contributed by atoms with Gasteiger partial charge in [-0.3, -0.25) is 4.79 Å². The van der Waals surface area contributed by atoms with E-state index in [4.69, 9.17) is 4.74 Å². The Bertz CT molecular complexity index is 500. The van der Waals surface area contributed by atoms with Crippen LogP contribution in [0.2, 0.25) is 0 Å². The third-order valence-electron chi connectivity index (χ3n) is 4.33. The predicted octanol–water partition coefficient (Wildman–Crippen LogP) is 2.19. The van der Waals surface area contributed by atoms with Crippen molar-refractivity contribution in [3.63, 3.8) is 0 Å². The summed E-state index contributed by atoms with van der Waals surface area (Å²) in [5.74, 6) is 1.26. The quantitative estimate of drug-likeness (QED) is 0.789. The third-order valence-corrected chi connectivity index (χ3v) is 4.33. The topological polar surface area (TPSA) is 67.0 Å². The zero-order valence-electron chi connectivity index (χ0n) is 13.4. The summed E-state index contributed by atoms with van der Waals surface area (Å²) in [6.07, 6.45) is 4.60. The Morgan fingerprint density at radius 2 is 2.14 bits per heavy atom. The predicted molar refractivity (Wildman–Crippen MR) is 83.4 cm³/mol. The van der Waals surface area contributed by atoms with Gasteiger partial charge in [-0.2, -0.15) is 0 Å². The maximum atomic E-state index is 11.8. The number of nitrogens with zero attached hydrogens (tertiary/aromatic N) is 1. The van der Waals surface area contributed by atoms with Crippen LogP contribution in [0.4, 0.5) is 0 Å². The Hall–Kier alpha value is -1.20. The van der Waals surface area contributed by atoms with Crippen molar-refractivity contribution in [3.8, 4) is 0 Å². The fourth-order valence-corrected chi connectivity index (χ4v) is 2.88. The molecule has 21 heavy (non-hydrogen) atoms. The SMILES string of the molecule is COCCNCc1cc(=O)[nH]c(C2CCC(C)(C)CC2)n1. The van der Waals surface area contributed by atoms with Gasteiger partial charge < -0.3 is 15.0 Å². The molecular weight excluding hydrogens is 266 g/mol. The molecule has 2 rings (SSSR count). The van der Waals surface area contributed by atoms with Gasteiger partial charge in [0.1, 0.15) is 5.82 Å². The molecular formula is C16H27N3O2. The molecule has 0 radical (unpaired) electrons. The number of hydrogen-bond acceptors (Lipinski definition) is 4. The lowest BCUT2D eigenvalue weighted by Crippen LogP contribution is -2.25. The van der Waals surface area contributed by atoms with Gasteiger partial charge in [-0.05, 0) is 31.1 Å². The van der Waals surface area contributed by atoms with Gasteiger partial charge in [0.15, 0.2) is 0 Å². The molecule has 1 heterocycles. The normalized spacial score (nSPS) is 18.8. The summed E-state index contributed by atoms with van der Waals surface area (Å²) in [7, 11) is 1.68. The second kappa shape index (κ2) is 7.18. The fourth-order valence-electron chi connectivity index (χ4n) is 2.88. The number of rotatable bonds is 6. The summed E-state index contributed by atoms with van der Waals surface area (Å²) in [6, 6.07) is 1.58. The molecule has 1 saturated carbocycles. The van der Waals surface area contributed by atoms with E-state index in [2.05, 4.69) is 29.1 Å². The van der Waals surface area contributed by atoms with Crippen LogP contribution in [0.5, 0.6) is 0 Å². The lowest BCUT2D eigenvalue weighted by molar-refractivity contribution is 0.199. The molecule has 2 N–H and O–H groups in total. The van der Waals surface area contributed by atoms with Crippen LogP contribution in [0.15, 0.2) is 10.9 Å². The van der Waals surface area contributed by atoms with Crippen molar-refractivity contribution >= 4 is 0 Å². The molecule has 1 fully saturated rings. The summed E-state index contributed by atoms with van der Waals surface area (Å²) >= 11 is 0. The van der Waals surface area contributed by atoms with Crippen molar-refractivity contribution in [1.82, 2.24) is 15.3 Å². The minimum absolute atomic E-state index is 0.0478. The highest BCUT2D eigenvalue weighted by Crippen LogP contribution is 2.41. The van der Waals surface area contributed by atoms with E-state index in [1.165, 1.54) is 12.8 Å². The summed E-state index contributed by atoms with van der Waals surface area (Å²) in [4.78, 5) is 19.4. The van der Waals surface area contributed by atoms with Crippen LogP contribution in [0, 0.1) is 5.41 Å². The number of H-pyrrole nitrogens is 1. The van der Waals surface area contributed by atoms with Gasteiger partial charge in [0.2, 0.25) is 0 Å². The second-order valence-corrected chi connectivity index (χ2v) is 6.73. The second-order valence-electron chi connectivity index (χ2n) is 6.73. The van der Waals surface area contributed by atoms with E-state index in [9.17, 15) is 4.79 Å². The molecule has 1 aliphatic rings. The van der Waals surface area contributed by atoms with Crippen molar-refractivity contribution in [2.24, 2.45) is 5.41 Å². The lowest BCUT2D eigenvalue weighted by atomic mass is 9.73. The molecule has 5 heteroatoms. The molecule has 1 aromatic rings. The van der Waals surface area contributed by atoms with Gasteiger partial charge in [-0.1, -0.05) is 13.8 Å². The molecule has 0 aromatic carbocycles. The minimum atomic E-state index is -0.0478. The Morgan fingerprint density at radius 1 is 1.43 bits per heavy atom. The van der Waals surface area contributed by atoms with Gasteiger partial charge >= 0.3 is 0 Å².